The summed E-state index contributed by atoms with van der Waals surface area (Å²) in [5, 5.41) is 26.0. The van der Waals surface area contributed by atoms with Crippen LogP contribution in [0.5, 0.6) is 0 Å². The number of aryl methyl sites for hydroxylation is 1. The van der Waals surface area contributed by atoms with E-state index < -0.39 is 11.7 Å². The molecule has 2 heterocycles. The number of hydrogen-bond donors (Lipinski definition) is 4. The number of benzene rings is 2. The molecule has 31 heavy (non-hydrogen) atoms. The minimum Gasteiger partial charge on any atom is -0.390 e. The van der Waals surface area contributed by atoms with E-state index in [-0.39, 0.29) is 19.0 Å². The normalized spacial score (nSPS) is 21.5. The van der Waals surface area contributed by atoms with Crippen molar-refractivity contribution in [2.75, 3.05) is 26.2 Å². The van der Waals surface area contributed by atoms with Gasteiger partial charge in [-0.1, -0.05) is 48.5 Å². The van der Waals surface area contributed by atoms with E-state index in [1.807, 2.05) is 48.7 Å². The van der Waals surface area contributed by atoms with Gasteiger partial charge in [0.1, 0.15) is 5.60 Å². The summed E-state index contributed by atoms with van der Waals surface area (Å²) in [7, 11) is 0. The fraction of sp³-hybridized carbons (Fsp3) is 0.400. The molecule has 6 nitrogen and oxygen atoms in total. The largest absolute Gasteiger partial charge is 0.390 e. The lowest BCUT2D eigenvalue weighted by Crippen LogP contribution is -2.62. The molecule has 2 atom stereocenters. The highest BCUT2D eigenvalue weighted by atomic mass is 16.3. The van der Waals surface area contributed by atoms with E-state index in [4.69, 9.17) is 0 Å². The van der Waals surface area contributed by atoms with Gasteiger partial charge in [-0.15, -0.1) is 0 Å². The first-order valence-corrected chi connectivity index (χ1v) is 11.0. The Bertz CT molecular complexity index is 1000. The number of carbonyl (C=O) groups is 1. The van der Waals surface area contributed by atoms with E-state index in [0.717, 1.165) is 17.5 Å². The highest BCUT2D eigenvalue weighted by Crippen LogP contribution is 2.23. The van der Waals surface area contributed by atoms with E-state index in [9.17, 15) is 15.0 Å². The number of aromatic nitrogens is 1. The molecule has 1 saturated heterocycles. The number of aliphatic hydroxyl groups excluding tert-OH is 1. The first-order valence-electron chi connectivity index (χ1n) is 11.0. The molecule has 1 aliphatic rings. The SMILES string of the molecule is O=C(CCc1ccccc1)N1CC[C@@H](O)[C@](O)(CNCCc2c[nH]c3ccccc23)C1. The molecule has 6 heteroatoms. The number of para-hydroxylation sites is 1. The summed E-state index contributed by atoms with van der Waals surface area (Å²) in [5.41, 5.74) is 2.13. The predicted molar refractivity (Wildman–Crippen MR) is 122 cm³/mol. The van der Waals surface area contributed by atoms with Crippen molar-refractivity contribution >= 4 is 16.8 Å². The number of nitrogens with zero attached hydrogens (tertiary/aromatic N) is 1. The van der Waals surface area contributed by atoms with Gasteiger partial charge in [0.15, 0.2) is 0 Å². The molecule has 0 unspecified atom stereocenters. The number of fused-ring (bicyclic) bond motifs is 1. The minimum absolute atomic E-state index is 0.0213. The lowest BCUT2D eigenvalue weighted by molar-refractivity contribution is -0.150. The van der Waals surface area contributed by atoms with E-state index in [1.165, 1.54) is 10.9 Å². The molecule has 0 spiro atoms. The van der Waals surface area contributed by atoms with Gasteiger partial charge in [-0.25, -0.2) is 0 Å². The van der Waals surface area contributed by atoms with Crippen LogP contribution >= 0.6 is 0 Å². The molecule has 0 aliphatic carbocycles. The summed E-state index contributed by atoms with van der Waals surface area (Å²) >= 11 is 0. The molecule has 1 aliphatic heterocycles. The highest BCUT2D eigenvalue weighted by molar-refractivity contribution is 5.83. The summed E-state index contributed by atoms with van der Waals surface area (Å²) in [6.07, 6.45) is 3.47. The second-order valence-corrected chi connectivity index (χ2v) is 8.50. The number of aromatic amines is 1. The quantitative estimate of drug-likeness (QED) is 0.420. The molecule has 1 amide bonds. The van der Waals surface area contributed by atoms with Crippen LogP contribution in [0.3, 0.4) is 0 Å². The van der Waals surface area contributed by atoms with Crippen molar-refractivity contribution in [1.82, 2.24) is 15.2 Å². The smallest absolute Gasteiger partial charge is 0.223 e. The molecular weight excluding hydrogens is 390 g/mol. The Morgan fingerprint density at radius 2 is 1.90 bits per heavy atom. The Balaban J connectivity index is 1.27. The molecule has 1 fully saturated rings. The van der Waals surface area contributed by atoms with Gasteiger partial charge in [-0.3, -0.25) is 4.79 Å². The second-order valence-electron chi connectivity index (χ2n) is 8.50. The number of hydrogen-bond acceptors (Lipinski definition) is 4. The summed E-state index contributed by atoms with van der Waals surface area (Å²) in [5.74, 6) is 0.0213. The van der Waals surface area contributed by atoms with Crippen LogP contribution in [0.25, 0.3) is 10.9 Å². The molecule has 2 aromatic carbocycles. The molecule has 0 radical (unpaired) electrons. The molecule has 4 rings (SSSR count). The van der Waals surface area contributed by atoms with Gasteiger partial charge in [-0.2, -0.15) is 0 Å². The van der Waals surface area contributed by atoms with Crippen LogP contribution in [0.1, 0.15) is 24.0 Å². The maximum Gasteiger partial charge on any atom is 0.223 e. The minimum atomic E-state index is -1.33. The molecule has 0 bridgehead atoms. The number of β-amino-alcohol motifs (C(OH)–C–C–N with tert-alkyl or cyclic N) is 1. The van der Waals surface area contributed by atoms with Gasteiger partial charge >= 0.3 is 0 Å². The number of piperidine rings is 1. The van der Waals surface area contributed by atoms with E-state index >= 15 is 0 Å². The fourth-order valence-corrected chi connectivity index (χ4v) is 4.37. The molecule has 1 aromatic heterocycles. The van der Waals surface area contributed by atoms with Crippen molar-refractivity contribution in [3.05, 3.63) is 71.9 Å². The lowest BCUT2D eigenvalue weighted by Gasteiger charge is -2.43. The monoisotopic (exact) mass is 421 g/mol. The van der Waals surface area contributed by atoms with Crippen molar-refractivity contribution < 1.29 is 15.0 Å². The average molecular weight is 422 g/mol. The van der Waals surface area contributed by atoms with Crippen LogP contribution in [0.2, 0.25) is 0 Å². The maximum absolute atomic E-state index is 12.7. The van der Waals surface area contributed by atoms with Crippen LogP contribution in [0.15, 0.2) is 60.8 Å². The number of rotatable bonds is 8. The summed E-state index contributed by atoms with van der Waals surface area (Å²) in [6, 6.07) is 18.1. The van der Waals surface area contributed by atoms with Crippen molar-refractivity contribution in [3.63, 3.8) is 0 Å². The number of amides is 1. The first kappa shape index (κ1) is 21.6. The Labute approximate surface area is 182 Å². The second kappa shape index (κ2) is 9.64. The van der Waals surface area contributed by atoms with Gasteiger partial charge in [0.05, 0.1) is 12.6 Å². The summed E-state index contributed by atoms with van der Waals surface area (Å²) in [4.78, 5) is 17.7. The van der Waals surface area contributed by atoms with Crippen LogP contribution in [0.4, 0.5) is 0 Å². The Morgan fingerprint density at radius 3 is 2.74 bits per heavy atom. The fourth-order valence-electron chi connectivity index (χ4n) is 4.37. The van der Waals surface area contributed by atoms with E-state index in [2.05, 4.69) is 22.4 Å². The van der Waals surface area contributed by atoms with Crippen LogP contribution in [-0.4, -0.2) is 63.9 Å². The highest BCUT2D eigenvalue weighted by Gasteiger charge is 2.42. The zero-order valence-corrected chi connectivity index (χ0v) is 17.8. The molecule has 0 saturated carbocycles. The third-order valence-electron chi connectivity index (χ3n) is 6.26. The Morgan fingerprint density at radius 1 is 1.13 bits per heavy atom. The van der Waals surface area contributed by atoms with E-state index in [0.29, 0.717) is 32.4 Å². The molecule has 4 N–H and O–H groups in total. The van der Waals surface area contributed by atoms with Crippen LogP contribution in [0, 0.1) is 0 Å². The first-order chi connectivity index (χ1) is 15.0. The number of aliphatic hydroxyl groups is 2. The topological polar surface area (TPSA) is 88.6 Å². The zero-order chi connectivity index (χ0) is 21.7. The van der Waals surface area contributed by atoms with Crippen molar-refractivity contribution in [2.45, 2.75) is 37.4 Å². The average Bonchev–Trinajstić information content (AvgIpc) is 3.21. The van der Waals surface area contributed by atoms with Gasteiger partial charge in [0, 0.05) is 36.6 Å². The predicted octanol–water partition coefficient (Wildman–Crippen LogP) is 2.26. The van der Waals surface area contributed by atoms with E-state index in [1.54, 1.807) is 4.90 Å². The number of likely N-dealkylation sites (tertiary alicyclic amines) is 1. The third kappa shape index (κ3) is 5.15. The third-order valence-corrected chi connectivity index (χ3v) is 6.26. The van der Waals surface area contributed by atoms with Crippen molar-refractivity contribution in [3.8, 4) is 0 Å². The van der Waals surface area contributed by atoms with Crippen molar-refractivity contribution in [2.24, 2.45) is 0 Å². The maximum atomic E-state index is 12.7. The van der Waals surface area contributed by atoms with Gasteiger partial charge in [0.2, 0.25) is 5.91 Å². The van der Waals surface area contributed by atoms with Crippen LogP contribution < -0.4 is 5.32 Å². The Hall–Kier alpha value is -2.67. The summed E-state index contributed by atoms with van der Waals surface area (Å²) in [6.45, 7) is 1.56. The molecule has 164 valence electrons. The van der Waals surface area contributed by atoms with Gasteiger partial charge in [0.25, 0.3) is 0 Å². The van der Waals surface area contributed by atoms with Crippen LogP contribution in [-0.2, 0) is 17.6 Å². The van der Waals surface area contributed by atoms with Gasteiger partial charge < -0.3 is 25.4 Å². The number of carbonyl (C=O) groups excluding carboxylic acids is 1. The number of H-pyrrole nitrogens is 1. The Kier molecular flexibility index (Phi) is 6.70. The lowest BCUT2D eigenvalue weighted by atomic mass is 9.89. The molecule has 3 aromatic rings. The number of nitrogens with one attached hydrogen (secondary N) is 2. The zero-order valence-electron chi connectivity index (χ0n) is 17.8. The molecular formula is C25H31N3O3. The summed E-state index contributed by atoms with van der Waals surface area (Å²) < 4.78 is 0. The standard InChI is InChI=1S/C25H31N3O3/c29-23-13-15-28(24(30)11-10-19-6-2-1-3-7-19)18-25(23,31)17-26-14-12-20-16-27-22-9-5-4-8-21(20)22/h1-9,16,23,26-27,29,31H,10-15,17-18H2/t23-,25+/m1/s1. The van der Waals surface area contributed by atoms with Gasteiger partial charge in [-0.05, 0) is 43.0 Å². The van der Waals surface area contributed by atoms with Crippen molar-refractivity contribution in [1.29, 1.82) is 0 Å².